The van der Waals surface area contributed by atoms with Crippen molar-refractivity contribution in [1.82, 2.24) is 15.0 Å². The van der Waals surface area contributed by atoms with Gasteiger partial charge in [-0.1, -0.05) is 38.1 Å². The van der Waals surface area contributed by atoms with Crippen LogP contribution in [0.5, 0.6) is 0 Å². The predicted molar refractivity (Wildman–Crippen MR) is 70.7 cm³/mol. The van der Waals surface area contributed by atoms with Crippen LogP contribution < -0.4 is 0 Å². The van der Waals surface area contributed by atoms with Gasteiger partial charge in [-0.3, -0.25) is 0 Å². The highest BCUT2D eigenvalue weighted by molar-refractivity contribution is 5.36. The zero-order valence-corrected chi connectivity index (χ0v) is 11.3. The lowest BCUT2D eigenvalue weighted by atomic mass is 9.87. The molecule has 2 aromatic rings. The van der Waals surface area contributed by atoms with E-state index in [1.807, 2.05) is 12.1 Å². The summed E-state index contributed by atoms with van der Waals surface area (Å²) in [7, 11) is 0. The molecule has 0 amide bonds. The second kappa shape index (κ2) is 4.53. The second-order valence-corrected chi connectivity index (χ2v) is 5.56. The van der Waals surface area contributed by atoms with E-state index in [0.717, 1.165) is 5.69 Å². The summed E-state index contributed by atoms with van der Waals surface area (Å²) in [6.45, 7) is 8.23. The lowest BCUT2D eigenvalue weighted by Gasteiger charge is -2.19. The molecule has 1 atom stereocenters. The number of hydrogen-bond donors (Lipinski definition) is 1. The van der Waals surface area contributed by atoms with Gasteiger partial charge in [-0.15, -0.1) is 5.10 Å². The van der Waals surface area contributed by atoms with Crippen LogP contribution >= 0.6 is 0 Å². The average molecular weight is 245 g/mol. The largest absolute Gasteiger partial charge is 0.387 e. The van der Waals surface area contributed by atoms with E-state index in [1.54, 1.807) is 17.8 Å². The molecule has 0 aliphatic heterocycles. The molecule has 1 unspecified atom stereocenters. The zero-order valence-electron chi connectivity index (χ0n) is 11.3. The van der Waals surface area contributed by atoms with Crippen LogP contribution in [-0.2, 0) is 5.41 Å². The molecule has 0 spiro atoms. The highest BCUT2D eigenvalue weighted by atomic mass is 16.3. The van der Waals surface area contributed by atoms with Gasteiger partial charge >= 0.3 is 0 Å². The number of benzene rings is 1. The van der Waals surface area contributed by atoms with Crippen molar-refractivity contribution in [3.63, 3.8) is 0 Å². The first-order valence-electron chi connectivity index (χ1n) is 6.09. The number of aliphatic hydroxyl groups excluding tert-OH is 1. The molecule has 1 aromatic heterocycles. The third kappa shape index (κ3) is 2.59. The normalized spacial score (nSPS) is 13.6. The first-order chi connectivity index (χ1) is 8.38. The molecule has 0 saturated carbocycles. The Labute approximate surface area is 107 Å². The summed E-state index contributed by atoms with van der Waals surface area (Å²) < 4.78 is 1.68. The van der Waals surface area contributed by atoms with E-state index in [2.05, 4.69) is 43.2 Å². The summed E-state index contributed by atoms with van der Waals surface area (Å²) in [5, 5.41) is 17.4. The van der Waals surface area contributed by atoms with Crippen molar-refractivity contribution in [2.75, 3.05) is 0 Å². The Morgan fingerprint density at radius 2 is 1.78 bits per heavy atom. The minimum atomic E-state index is -0.590. The van der Waals surface area contributed by atoms with E-state index >= 15 is 0 Å². The van der Waals surface area contributed by atoms with E-state index < -0.39 is 6.10 Å². The van der Waals surface area contributed by atoms with Crippen molar-refractivity contribution in [2.45, 2.75) is 39.2 Å². The SMILES string of the molecule is CC(O)c1cn(-c2ccc(C(C)(C)C)cc2)nn1. The van der Waals surface area contributed by atoms with Gasteiger partial charge in [0.15, 0.2) is 0 Å². The third-order valence-electron chi connectivity index (χ3n) is 2.94. The molecule has 0 aliphatic carbocycles. The van der Waals surface area contributed by atoms with E-state index in [-0.39, 0.29) is 5.41 Å². The highest BCUT2D eigenvalue weighted by Gasteiger charge is 2.13. The van der Waals surface area contributed by atoms with Crippen LogP contribution in [-0.4, -0.2) is 20.1 Å². The minimum Gasteiger partial charge on any atom is -0.387 e. The zero-order chi connectivity index (χ0) is 13.3. The van der Waals surface area contributed by atoms with Crippen molar-refractivity contribution in [3.8, 4) is 5.69 Å². The smallest absolute Gasteiger partial charge is 0.111 e. The van der Waals surface area contributed by atoms with Crippen LogP contribution in [0.4, 0.5) is 0 Å². The number of hydrogen-bond acceptors (Lipinski definition) is 3. The Kier molecular flexibility index (Phi) is 3.22. The fourth-order valence-corrected chi connectivity index (χ4v) is 1.71. The van der Waals surface area contributed by atoms with Gasteiger partial charge in [0.05, 0.1) is 18.0 Å². The van der Waals surface area contributed by atoms with E-state index in [1.165, 1.54) is 5.56 Å². The maximum atomic E-state index is 9.42. The summed E-state index contributed by atoms with van der Waals surface area (Å²) in [5.74, 6) is 0. The fourth-order valence-electron chi connectivity index (χ4n) is 1.71. The van der Waals surface area contributed by atoms with Crippen LogP contribution in [0.25, 0.3) is 5.69 Å². The Hall–Kier alpha value is -1.68. The molecule has 0 aliphatic rings. The van der Waals surface area contributed by atoms with Crippen LogP contribution in [0.1, 0.15) is 45.1 Å². The van der Waals surface area contributed by atoms with Crippen LogP contribution in [0.15, 0.2) is 30.5 Å². The van der Waals surface area contributed by atoms with Crippen LogP contribution in [0, 0.1) is 0 Å². The van der Waals surface area contributed by atoms with Gasteiger partial charge < -0.3 is 5.11 Å². The van der Waals surface area contributed by atoms with Crippen molar-refractivity contribution < 1.29 is 5.11 Å². The molecule has 96 valence electrons. The molecule has 2 rings (SSSR count). The van der Waals surface area contributed by atoms with Crippen molar-refractivity contribution in [2.24, 2.45) is 0 Å². The quantitative estimate of drug-likeness (QED) is 0.884. The third-order valence-corrected chi connectivity index (χ3v) is 2.94. The molecule has 0 radical (unpaired) electrons. The van der Waals surface area contributed by atoms with Crippen LogP contribution in [0.2, 0.25) is 0 Å². The first-order valence-corrected chi connectivity index (χ1v) is 6.09. The molecule has 0 saturated heterocycles. The van der Waals surface area contributed by atoms with Crippen molar-refractivity contribution >= 4 is 0 Å². The van der Waals surface area contributed by atoms with Gasteiger partial charge in [0.1, 0.15) is 5.69 Å². The average Bonchev–Trinajstić information content (AvgIpc) is 2.77. The molecule has 4 nitrogen and oxygen atoms in total. The molecule has 4 heteroatoms. The molecular formula is C14H19N3O. The van der Waals surface area contributed by atoms with Crippen LogP contribution in [0.3, 0.4) is 0 Å². The lowest BCUT2D eigenvalue weighted by molar-refractivity contribution is 0.194. The van der Waals surface area contributed by atoms with Crippen molar-refractivity contribution in [1.29, 1.82) is 0 Å². The number of aromatic nitrogens is 3. The summed E-state index contributed by atoms with van der Waals surface area (Å²) in [6.07, 6.45) is 1.16. The van der Waals surface area contributed by atoms with Gasteiger partial charge in [-0.05, 0) is 30.0 Å². The molecule has 0 bridgehead atoms. The van der Waals surface area contributed by atoms with E-state index in [4.69, 9.17) is 0 Å². The summed E-state index contributed by atoms with van der Waals surface area (Å²) in [4.78, 5) is 0. The molecular weight excluding hydrogens is 226 g/mol. The second-order valence-electron chi connectivity index (χ2n) is 5.56. The monoisotopic (exact) mass is 245 g/mol. The molecule has 18 heavy (non-hydrogen) atoms. The Bertz CT molecular complexity index is 521. The predicted octanol–water partition coefficient (Wildman–Crippen LogP) is 2.62. The Morgan fingerprint density at radius 1 is 1.17 bits per heavy atom. The van der Waals surface area contributed by atoms with Gasteiger partial charge in [0, 0.05) is 0 Å². The molecule has 1 N–H and O–H groups in total. The summed E-state index contributed by atoms with van der Waals surface area (Å²) in [5.41, 5.74) is 2.95. The topological polar surface area (TPSA) is 50.9 Å². The lowest BCUT2D eigenvalue weighted by Crippen LogP contribution is -2.10. The molecule has 1 heterocycles. The van der Waals surface area contributed by atoms with E-state index in [9.17, 15) is 5.11 Å². The van der Waals surface area contributed by atoms with Gasteiger partial charge in [-0.25, -0.2) is 4.68 Å². The minimum absolute atomic E-state index is 0.145. The van der Waals surface area contributed by atoms with Gasteiger partial charge in [0.25, 0.3) is 0 Å². The standard InChI is InChI=1S/C14H19N3O/c1-10(18)13-9-17(16-15-13)12-7-5-11(6-8-12)14(2,3)4/h5-10,18H,1-4H3. The maximum absolute atomic E-state index is 9.42. The van der Waals surface area contributed by atoms with E-state index in [0.29, 0.717) is 5.69 Å². The Morgan fingerprint density at radius 3 is 2.22 bits per heavy atom. The maximum Gasteiger partial charge on any atom is 0.111 e. The van der Waals surface area contributed by atoms with Gasteiger partial charge in [-0.2, -0.15) is 0 Å². The molecule has 1 aromatic carbocycles. The Balaban J connectivity index is 2.29. The number of aliphatic hydroxyl groups is 1. The molecule has 0 fully saturated rings. The summed E-state index contributed by atoms with van der Waals surface area (Å²) >= 11 is 0. The number of rotatable bonds is 2. The first kappa shape index (κ1) is 12.8. The number of nitrogens with zero attached hydrogens (tertiary/aromatic N) is 3. The summed E-state index contributed by atoms with van der Waals surface area (Å²) in [6, 6.07) is 8.22. The highest BCUT2D eigenvalue weighted by Crippen LogP contribution is 2.23. The van der Waals surface area contributed by atoms with Gasteiger partial charge in [0.2, 0.25) is 0 Å². The van der Waals surface area contributed by atoms with Crippen molar-refractivity contribution in [3.05, 3.63) is 41.7 Å². The fraction of sp³-hybridized carbons (Fsp3) is 0.429.